The van der Waals surface area contributed by atoms with E-state index in [9.17, 15) is 26.7 Å². The molecule has 0 atom stereocenters. The van der Waals surface area contributed by atoms with Crippen molar-refractivity contribution < 1.29 is 26.7 Å². The van der Waals surface area contributed by atoms with Gasteiger partial charge in [-0.3, -0.25) is 9.20 Å². The number of nitrogens with one attached hydrogen (secondary N) is 2. The zero-order chi connectivity index (χ0) is 25.5. The van der Waals surface area contributed by atoms with E-state index in [1.54, 1.807) is 0 Å². The number of H-pyrrole nitrogens is 1. The Labute approximate surface area is 198 Å². The normalized spacial score (nSPS) is 12.4. The van der Waals surface area contributed by atoms with Gasteiger partial charge in [0.15, 0.2) is 5.65 Å². The van der Waals surface area contributed by atoms with Crippen molar-refractivity contribution in [2.75, 3.05) is 12.4 Å². The van der Waals surface area contributed by atoms with E-state index < -0.39 is 29.2 Å². The van der Waals surface area contributed by atoms with Gasteiger partial charge in [-0.2, -0.15) is 13.2 Å². The lowest BCUT2D eigenvalue weighted by atomic mass is 10.0. The molecule has 0 bridgehead atoms. The molecule has 7 nitrogen and oxygen atoms in total. The summed E-state index contributed by atoms with van der Waals surface area (Å²) in [5.41, 5.74) is -0.584. The zero-order valence-corrected chi connectivity index (χ0v) is 18.6. The maximum Gasteiger partial charge on any atom is 0.418 e. The Morgan fingerprint density at radius 3 is 2.47 bits per heavy atom. The second-order valence-corrected chi connectivity index (χ2v) is 8.33. The molecule has 6 aromatic rings. The van der Waals surface area contributed by atoms with Gasteiger partial charge >= 0.3 is 6.18 Å². The summed E-state index contributed by atoms with van der Waals surface area (Å²) in [5, 5.41) is 10.4. The third-order valence-corrected chi connectivity index (χ3v) is 6.28. The number of aromatic amines is 1. The van der Waals surface area contributed by atoms with Crippen molar-refractivity contribution in [1.29, 1.82) is 0 Å². The Morgan fingerprint density at radius 2 is 1.81 bits per heavy atom. The highest BCUT2D eigenvalue weighted by Gasteiger charge is 2.35. The molecule has 12 heteroatoms. The maximum absolute atomic E-state index is 14.3. The smallest absolute Gasteiger partial charge is 0.383 e. The summed E-state index contributed by atoms with van der Waals surface area (Å²) in [5.74, 6) is -2.33. The summed E-state index contributed by atoms with van der Waals surface area (Å²) < 4.78 is 73.8. The minimum Gasteiger partial charge on any atom is -0.383 e. The lowest BCUT2D eigenvalue weighted by molar-refractivity contribution is -0.136. The van der Waals surface area contributed by atoms with Crippen molar-refractivity contribution in [2.24, 2.45) is 0 Å². The average Bonchev–Trinajstić information content (AvgIpc) is 3.39. The predicted molar refractivity (Wildman–Crippen MR) is 122 cm³/mol. The van der Waals surface area contributed by atoms with Gasteiger partial charge in [0.25, 0.3) is 0 Å². The number of carbonyl (C=O) groups is 1. The van der Waals surface area contributed by atoms with Crippen LogP contribution in [0.25, 0.3) is 33.0 Å². The number of benzene rings is 1. The summed E-state index contributed by atoms with van der Waals surface area (Å²) in [7, 11) is 1.35. The van der Waals surface area contributed by atoms with Gasteiger partial charge in [-0.1, -0.05) is 6.07 Å². The highest BCUT2D eigenvalue weighted by Crippen LogP contribution is 2.40. The fourth-order valence-corrected chi connectivity index (χ4v) is 4.70. The fraction of sp³-hybridized carbons (Fsp3) is 0.125. The lowest BCUT2D eigenvalue weighted by Gasteiger charge is -2.15. The van der Waals surface area contributed by atoms with E-state index in [0.29, 0.717) is 11.0 Å². The molecule has 5 heterocycles. The van der Waals surface area contributed by atoms with Crippen LogP contribution in [0.3, 0.4) is 0 Å². The van der Waals surface area contributed by atoms with E-state index in [1.165, 1.54) is 47.2 Å². The monoisotopic (exact) mass is 498 g/mol. The molecule has 1 aromatic carbocycles. The molecule has 0 aliphatic heterocycles. The first-order chi connectivity index (χ1) is 17.1. The van der Waals surface area contributed by atoms with Gasteiger partial charge in [-0.05, 0) is 31.2 Å². The van der Waals surface area contributed by atoms with Gasteiger partial charge in [0.1, 0.15) is 23.1 Å². The summed E-state index contributed by atoms with van der Waals surface area (Å²) >= 11 is 0. The number of hydrogen-bond donors (Lipinski definition) is 2. The Hall–Kier alpha value is -4.48. The van der Waals surface area contributed by atoms with E-state index in [4.69, 9.17) is 0 Å². The van der Waals surface area contributed by atoms with Gasteiger partial charge < -0.3 is 14.7 Å². The summed E-state index contributed by atoms with van der Waals surface area (Å²) in [6, 6.07) is 6.27. The summed E-state index contributed by atoms with van der Waals surface area (Å²) in [6.45, 7) is 1.54. The van der Waals surface area contributed by atoms with Crippen LogP contribution in [-0.4, -0.2) is 36.8 Å². The van der Waals surface area contributed by atoms with E-state index in [0.717, 1.165) is 18.3 Å². The maximum atomic E-state index is 14.3. The number of ketones is 1. The van der Waals surface area contributed by atoms with Crippen LogP contribution in [0, 0.1) is 18.6 Å². The van der Waals surface area contributed by atoms with Gasteiger partial charge in [0, 0.05) is 35.8 Å². The molecule has 0 unspecified atom stereocenters. The van der Waals surface area contributed by atoms with Gasteiger partial charge in [0.05, 0.1) is 27.8 Å². The molecule has 0 aliphatic rings. The van der Waals surface area contributed by atoms with Crippen molar-refractivity contribution in [2.45, 2.75) is 13.1 Å². The van der Waals surface area contributed by atoms with Crippen LogP contribution in [0.4, 0.5) is 27.6 Å². The fourth-order valence-electron chi connectivity index (χ4n) is 4.70. The first-order valence-electron chi connectivity index (χ1n) is 10.7. The molecule has 0 saturated heterocycles. The Bertz CT molecular complexity index is 1850. The van der Waals surface area contributed by atoms with Crippen LogP contribution < -0.4 is 5.32 Å². The van der Waals surface area contributed by atoms with Crippen molar-refractivity contribution in [3.63, 3.8) is 0 Å². The number of hydrogen-bond acceptors (Lipinski definition) is 4. The Balaban J connectivity index is 1.70. The number of rotatable bonds is 3. The molecule has 0 spiro atoms. The number of alkyl halides is 3. The summed E-state index contributed by atoms with van der Waals surface area (Å²) in [4.78, 5) is 16.3. The third kappa shape index (κ3) is 2.93. The van der Waals surface area contributed by atoms with Crippen LogP contribution >= 0.6 is 0 Å². The van der Waals surface area contributed by atoms with Crippen LogP contribution in [-0.2, 0) is 6.18 Å². The van der Waals surface area contributed by atoms with Crippen LogP contribution in [0.2, 0.25) is 0 Å². The number of halogens is 5. The molecule has 5 aromatic heterocycles. The molecule has 6 rings (SSSR count). The van der Waals surface area contributed by atoms with Crippen LogP contribution in [0.5, 0.6) is 0 Å². The molecule has 0 amide bonds. The first-order valence-corrected chi connectivity index (χ1v) is 10.7. The number of pyridine rings is 3. The zero-order valence-electron chi connectivity index (χ0n) is 18.6. The van der Waals surface area contributed by atoms with Crippen molar-refractivity contribution >= 4 is 44.4 Å². The molecule has 0 saturated carbocycles. The van der Waals surface area contributed by atoms with E-state index >= 15 is 0 Å². The Morgan fingerprint density at radius 1 is 1.08 bits per heavy atom. The second-order valence-electron chi connectivity index (χ2n) is 8.33. The molecular weight excluding hydrogens is 483 g/mol. The largest absolute Gasteiger partial charge is 0.418 e. The van der Waals surface area contributed by atoms with E-state index in [-0.39, 0.29) is 44.7 Å². The minimum absolute atomic E-state index is 0.0143. The first kappa shape index (κ1) is 22.0. The number of nitrogens with zero attached hydrogens (tertiary/aromatic N) is 4. The molecule has 0 fully saturated rings. The average molecular weight is 498 g/mol. The van der Waals surface area contributed by atoms with Crippen molar-refractivity contribution in [3.8, 4) is 0 Å². The van der Waals surface area contributed by atoms with Crippen LogP contribution in [0.1, 0.15) is 27.4 Å². The number of aryl methyl sites for hydroxylation is 1. The highest BCUT2D eigenvalue weighted by atomic mass is 19.4. The molecule has 182 valence electrons. The van der Waals surface area contributed by atoms with Gasteiger partial charge in [-0.25, -0.2) is 8.78 Å². The number of fused-ring (bicyclic) bond motifs is 4. The second kappa shape index (κ2) is 7.26. The van der Waals surface area contributed by atoms with Crippen molar-refractivity contribution in [1.82, 2.24) is 24.0 Å². The number of aromatic nitrogens is 5. The molecular formula is C24H15F5N6O. The quantitative estimate of drug-likeness (QED) is 0.192. The highest BCUT2D eigenvalue weighted by molar-refractivity contribution is 6.18. The minimum atomic E-state index is -4.70. The molecule has 2 N–H and O–H groups in total. The van der Waals surface area contributed by atoms with Crippen LogP contribution in [0.15, 0.2) is 42.7 Å². The lowest BCUT2D eigenvalue weighted by Crippen LogP contribution is -2.10. The topological polar surface area (TPSA) is 79.5 Å². The van der Waals surface area contributed by atoms with Crippen molar-refractivity contribution in [3.05, 3.63) is 77.0 Å². The Kier molecular flexibility index (Phi) is 4.44. The molecule has 0 aliphatic carbocycles. The van der Waals surface area contributed by atoms with E-state index in [1.807, 2.05) is 0 Å². The third-order valence-electron chi connectivity index (χ3n) is 6.28. The summed E-state index contributed by atoms with van der Waals surface area (Å²) in [6.07, 6.45) is -2.25. The SMILES string of the molecule is CNc1c(F)cc(C(=O)c2cc3[nH]c4c(c(C(F)(F)F)cn5c(C)nnc45)c4cccn2c34)cc1F. The molecule has 0 radical (unpaired) electrons. The van der Waals surface area contributed by atoms with Gasteiger partial charge in [0.2, 0.25) is 5.78 Å². The standard InChI is InChI=1S/C24H15F5N6O/c1-10-32-33-23-20-18(13(9-35(10)23)24(27,28)29)12-4-3-5-34-17(8-16(31-20)21(12)34)22(36)11-6-14(25)19(30-2)15(26)7-11/h3-9,30-31H,1-2H3. The van der Waals surface area contributed by atoms with Gasteiger partial charge in [-0.15, -0.1) is 10.2 Å². The van der Waals surface area contributed by atoms with E-state index in [2.05, 4.69) is 20.5 Å². The number of anilines is 1. The number of carbonyl (C=O) groups excluding carboxylic acids is 1. The molecule has 36 heavy (non-hydrogen) atoms. The predicted octanol–water partition coefficient (Wildman–Crippen LogP) is 5.49.